The van der Waals surface area contributed by atoms with Crippen LogP contribution in [0, 0.1) is 0 Å². The van der Waals surface area contributed by atoms with Crippen LogP contribution in [0.3, 0.4) is 0 Å². The maximum atomic E-state index is 5.36. The summed E-state index contributed by atoms with van der Waals surface area (Å²) in [7, 11) is 0. The number of aromatic nitrogens is 4. The molecule has 0 aliphatic carbocycles. The van der Waals surface area contributed by atoms with E-state index >= 15 is 0 Å². The number of hydrogen-bond donors (Lipinski definition) is 0. The Labute approximate surface area is 317 Å². The van der Waals surface area contributed by atoms with Crippen LogP contribution in [0.15, 0.2) is 200 Å². The molecule has 0 N–H and O–H groups in total. The average Bonchev–Trinajstić information content (AvgIpc) is 3.81. The van der Waals surface area contributed by atoms with Gasteiger partial charge in [0.15, 0.2) is 0 Å². The highest BCUT2D eigenvalue weighted by atomic mass is 15.2. The number of fused-ring (bicyclic) bond motifs is 8. The molecule has 5 nitrogen and oxygen atoms in total. The van der Waals surface area contributed by atoms with E-state index in [2.05, 4.69) is 202 Å². The van der Waals surface area contributed by atoms with Crippen LogP contribution in [0.1, 0.15) is 0 Å². The zero-order chi connectivity index (χ0) is 36.3. The molecule has 3 aromatic heterocycles. The minimum absolute atomic E-state index is 0.817. The second kappa shape index (κ2) is 12.6. The molecule has 0 aliphatic heterocycles. The lowest BCUT2D eigenvalue weighted by molar-refractivity contribution is 0.979. The van der Waals surface area contributed by atoms with Gasteiger partial charge in [-0.2, -0.15) is 0 Å². The summed E-state index contributed by atoms with van der Waals surface area (Å²) in [6, 6.07) is 70.8. The smallest absolute Gasteiger partial charge is 0.221 e. The summed E-state index contributed by atoms with van der Waals surface area (Å²) in [5.41, 5.74) is 14.0. The van der Waals surface area contributed by atoms with Gasteiger partial charge in [0.25, 0.3) is 0 Å². The average molecular weight is 704 g/mol. The molecule has 258 valence electrons. The van der Waals surface area contributed by atoms with Crippen molar-refractivity contribution in [1.82, 2.24) is 18.9 Å². The number of para-hydroxylation sites is 5. The van der Waals surface area contributed by atoms with Gasteiger partial charge in [-0.3, -0.25) is 8.97 Å². The third-order valence-corrected chi connectivity index (χ3v) is 10.7. The first-order valence-electron chi connectivity index (χ1n) is 18.6. The van der Waals surface area contributed by atoms with E-state index in [9.17, 15) is 0 Å². The van der Waals surface area contributed by atoms with E-state index in [4.69, 9.17) is 9.97 Å². The number of rotatable bonds is 6. The van der Waals surface area contributed by atoms with Crippen molar-refractivity contribution in [2.24, 2.45) is 0 Å². The lowest BCUT2D eigenvalue weighted by Crippen LogP contribution is -2.09. The van der Waals surface area contributed by atoms with Crippen molar-refractivity contribution in [3.05, 3.63) is 200 Å². The Balaban J connectivity index is 1.06. The predicted octanol–water partition coefficient (Wildman–Crippen LogP) is 12.9. The number of hydrogen-bond acceptors (Lipinski definition) is 3. The molecule has 3 heterocycles. The van der Waals surface area contributed by atoms with E-state index in [0.717, 1.165) is 72.8 Å². The quantitative estimate of drug-likeness (QED) is 0.173. The van der Waals surface area contributed by atoms with Gasteiger partial charge in [0.2, 0.25) is 5.95 Å². The van der Waals surface area contributed by atoms with Crippen LogP contribution in [0.5, 0.6) is 0 Å². The lowest BCUT2D eigenvalue weighted by Gasteiger charge is -2.26. The molecule has 0 radical (unpaired) electrons. The topological polar surface area (TPSA) is 38.4 Å². The van der Waals surface area contributed by atoms with Crippen LogP contribution in [0.2, 0.25) is 0 Å². The van der Waals surface area contributed by atoms with E-state index in [0.29, 0.717) is 0 Å². The van der Waals surface area contributed by atoms with Crippen molar-refractivity contribution in [2.45, 2.75) is 0 Å². The standard InChI is InChI=1S/C50H33N5/c1-3-13-34(14-4-1)35-23-28-39(29-24-35)53(38-15-5-2-6-16-38)40-30-25-36(26-31-40)37-27-32-42-41-17-8-11-21-46(41)54(48(42)33-37)50-52-44-19-9-7-18-43(44)49-51-45-20-10-12-22-47(45)55(49)50/h1-33H. The summed E-state index contributed by atoms with van der Waals surface area (Å²) in [6.45, 7) is 0. The molecule has 55 heavy (non-hydrogen) atoms. The fourth-order valence-electron chi connectivity index (χ4n) is 8.10. The van der Waals surface area contributed by atoms with Crippen molar-refractivity contribution in [3.63, 3.8) is 0 Å². The molecule has 8 aromatic carbocycles. The first-order valence-corrected chi connectivity index (χ1v) is 18.6. The maximum Gasteiger partial charge on any atom is 0.221 e. The SMILES string of the molecule is c1ccc(-c2ccc(N(c3ccccc3)c3ccc(-c4ccc5c6ccccc6n(-c6nc7ccccc7c7nc8ccccc8n67)c5c4)cc3)cc2)cc1. The molecule has 11 rings (SSSR count). The van der Waals surface area contributed by atoms with Gasteiger partial charge >= 0.3 is 0 Å². The largest absolute Gasteiger partial charge is 0.311 e. The minimum Gasteiger partial charge on any atom is -0.311 e. The van der Waals surface area contributed by atoms with Crippen molar-refractivity contribution >= 4 is 66.5 Å². The van der Waals surface area contributed by atoms with Gasteiger partial charge in [-0.15, -0.1) is 0 Å². The molecule has 0 saturated carbocycles. The van der Waals surface area contributed by atoms with Crippen molar-refractivity contribution in [1.29, 1.82) is 0 Å². The van der Waals surface area contributed by atoms with Crippen LogP contribution in [0.25, 0.3) is 77.6 Å². The third kappa shape index (κ3) is 5.09. The van der Waals surface area contributed by atoms with Gasteiger partial charge < -0.3 is 4.90 Å². The van der Waals surface area contributed by atoms with Gasteiger partial charge in [0.1, 0.15) is 5.65 Å². The van der Waals surface area contributed by atoms with Crippen LogP contribution in [-0.2, 0) is 0 Å². The van der Waals surface area contributed by atoms with Gasteiger partial charge in [-0.25, -0.2) is 9.97 Å². The van der Waals surface area contributed by atoms with E-state index in [1.165, 1.54) is 21.9 Å². The van der Waals surface area contributed by atoms with E-state index < -0.39 is 0 Å². The molecule has 0 atom stereocenters. The highest BCUT2D eigenvalue weighted by Gasteiger charge is 2.20. The number of imidazole rings is 1. The Morgan fingerprint density at radius 1 is 0.345 bits per heavy atom. The number of benzene rings is 8. The van der Waals surface area contributed by atoms with Crippen LogP contribution in [0.4, 0.5) is 17.1 Å². The van der Waals surface area contributed by atoms with E-state index in [-0.39, 0.29) is 0 Å². The summed E-state index contributed by atoms with van der Waals surface area (Å²) in [5, 5.41) is 3.39. The monoisotopic (exact) mass is 703 g/mol. The number of nitrogens with zero attached hydrogens (tertiary/aromatic N) is 5. The van der Waals surface area contributed by atoms with Crippen LogP contribution in [-0.4, -0.2) is 18.9 Å². The first-order chi connectivity index (χ1) is 27.3. The predicted molar refractivity (Wildman–Crippen MR) is 228 cm³/mol. The Morgan fingerprint density at radius 3 is 1.58 bits per heavy atom. The van der Waals surface area contributed by atoms with E-state index in [1.54, 1.807) is 0 Å². The van der Waals surface area contributed by atoms with E-state index in [1.807, 2.05) is 12.1 Å². The second-order valence-electron chi connectivity index (χ2n) is 13.9. The summed E-state index contributed by atoms with van der Waals surface area (Å²) in [4.78, 5) is 12.8. The highest BCUT2D eigenvalue weighted by molar-refractivity contribution is 6.10. The Hall–Kier alpha value is -7.50. The molecular formula is C50H33N5. The minimum atomic E-state index is 0.817. The zero-order valence-electron chi connectivity index (χ0n) is 29.8. The molecule has 11 aromatic rings. The van der Waals surface area contributed by atoms with Crippen LogP contribution < -0.4 is 4.90 Å². The van der Waals surface area contributed by atoms with Crippen molar-refractivity contribution in [3.8, 4) is 28.2 Å². The fraction of sp³-hybridized carbons (Fsp3) is 0. The fourth-order valence-corrected chi connectivity index (χ4v) is 8.10. The molecule has 0 fully saturated rings. The Morgan fingerprint density at radius 2 is 0.855 bits per heavy atom. The Kier molecular flexibility index (Phi) is 7.10. The van der Waals surface area contributed by atoms with Gasteiger partial charge in [-0.1, -0.05) is 127 Å². The molecule has 5 heteroatoms. The molecule has 0 spiro atoms. The number of anilines is 3. The Bertz CT molecular complexity index is 3180. The van der Waals surface area contributed by atoms with Crippen LogP contribution >= 0.6 is 0 Å². The normalized spacial score (nSPS) is 11.6. The maximum absolute atomic E-state index is 5.36. The molecule has 0 bridgehead atoms. The molecular weight excluding hydrogens is 671 g/mol. The molecule has 0 amide bonds. The molecule has 0 saturated heterocycles. The zero-order valence-corrected chi connectivity index (χ0v) is 29.8. The first kappa shape index (κ1) is 31.1. The van der Waals surface area contributed by atoms with Gasteiger partial charge in [0, 0.05) is 33.2 Å². The lowest BCUT2D eigenvalue weighted by atomic mass is 10.0. The highest BCUT2D eigenvalue weighted by Crippen LogP contribution is 2.39. The summed E-state index contributed by atoms with van der Waals surface area (Å²) in [6.07, 6.45) is 0. The summed E-state index contributed by atoms with van der Waals surface area (Å²) < 4.78 is 4.53. The van der Waals surface area contributed by atoms with Gasteiger partial charge in [0.05, 0.1) is 27.6 Å². The van der Waals surface area contributed by atoms with Crippen molar-refractivity contribution in [2.75, 3.05) is 4.90 Å². The third-order valence-electron chi connectivity index (χ3n) is 10.7. The molecule has 0 aliphatic rings. The second-order valence-corrected chi connectivity index (χ2v) is 13.9. The summed E-state index contributed by atoms with van der Waals surface area (Å²) in [5.74, 6) is 0.817. The van der Waals surface area contributed by atoms with Gasteiger partial charge in [-0.05, 0) is 95.1 Å². The van der Waals surface area contributed by atoms with Crippen molar-refractivity contribution < 1.29 is 0 Å². The summed E-state index contributed by atoms with van der Waals surface area (Å²) >= 11 is 0. The molecule has 0 unspecified atom stereocenters.